The van der Waals surface area contributed by atoms with Crippen LogP contribution in [0.15, 0.2) is 12.1 Å². The van der Waals surface area contributed by atoms with Crippen LogP contribution in [0, 0.1) is 5.82 Å². The van der Waals surface area contributed by atoms with Crippen molar-refractivity contribution in [1.82, 2.24) is 5.32 Å². The quantitative estimate of drug-likeness (QED) is 0.658. The van der Waals surface area contributed by atoms with Crippen molar-refractivity contribution >= 4 is 34.8 Å². The molecule has 1 heterocycles. The standard InChI is InChI=1S/C8H3ClFN2O2/c9-4-1-3(10)2-5-6(4)12-8(14)7(13)11-5/h1-2H,(H,11,13). The van der Waals surface area contributed by atoms with Crippen molar-refractivity contribution < 1.29 is 14.0 Å². The Kier molecular flexibility index (Phi) is 1.89. The summed E-state index contributed by atoms with van der Waals surface area (Å²) in [7, 11) is 0. The Morgan fingerprint density at radius 1 is 1.36 bits per heavy atom. The second-order valence-electron chi connectivity index (χ2n) is 2.65. The molecule has 0 aliphatic carbocycles. The minimum atomic E-state index is -0.939. The van der Waals surface area contributed by atoms with Crippen LogP contribution in [0.3, 0.4) is 0 Å². The van der Waals surface area contributed by atoms with E-state index in [1.807, 2.05) is 0 Å². The van der Waals surface area contributed by atoms with Gasteiger partial charge in [-0.1, -0.05) is 11.6 Å². The lowest BCUT2D eigenvalue weighted by Crippen LogP contribution is -2.33. The van der Waals surface area contributed by atoms with Gasteiger partial charge in [0.25, 0.3) is 0 Å². The highest BCUT2D eigenvalue weighted by Crippen LogP contribution is 2.33. The van der Waals surface area contributed by atoms with Gasteiger partial charge >= 0.3 is 11.8 Å². The molecule has 6 heteroatoms. The molecule has 71 valence electrons. The third-order valence-electron chi connectivity index (χ3n) is 1.68. The summed E-state index contributed by atoms with van der Waals surface area (Å²) >= 11 is 5.62. The molecule has 0 unspecified atom stereocenters. The first kappa shape index (κ1) is 8.96. The number of carbonyl (C=O) groups excluding carboxylic acids is 2. The predicted molar refractivity (Wildman–Crippen MR) is 46.8 cm³/mol. The Hall–Kier alpha value is -1.62. The van der Waals surface area contributed by atoms with Crippen molar-refractivity contribution in [3.05, 3.63) is 23.0 Å². The zero-order valence-electron chi connectivity index (χ0n) is 6.67. The molecule has 14 heavy (non-hydrogen) atoms. The lowest BCUT2D eigenvalue weighted by Gasteiger charge is -2.15. The summed E-state index contributed by atoms with van der Waals surface area (Å²) in [6, 6.07) is 2.07. The molecule has 1 aliphatic rings. The van der Waals surface area contributed by atoms with Gasteiger partial charge in [0.1, 0.15) is 11.5 Å². The third kappa shape index (κ3) is 1.31. The average molecular weight is 214 g/mol. The highest BCUT2D eigenvalue weighted by molar-refractivity contribution is 6.44. The number of nitrogens with one attached hydrogen (secondary N) is 1. The second-order valence-corrected chi connectivity index (χ2v) is 3.06. The van der Waals surface area contributed by atoms with Gasteiger partial charge in [-0.15, -0.1) is 0 Å². The summed E-state index contributed by atoms with van der Waals surface area (Å²) in [4.78, 5) is 21.7. The molecule has 4 nitrogen and oxygen atoms in total. The SMILES string of the molecule is O=C1[N]c2c(Cl)cc(F)cc2NC1=O. The first-order valence-electron chi connectivity index (χ1n) is 3.64. The van der Waals surface area contributed by atoms with E-state index in [2.05, 4.69) is 10.6 Å². The van der Waals surface area contributed by atoms with Crippen LogP contribution in [0.2, 0.25) is 5.02 Å². The number of fused-ring (bicyclic) bond motifs is 1. The predicted octanol–water partition coefficient (Wildman–Crippen LogP) is 1.19. The van der Waals surface area contributed by atoms with Gasteiger partial charge in [0.2, 0.25) is 0 Å². The molecule has 1 aliphatic heterocycles. The van der Waals surface area contributed by atoms with E-state index in [1.54, 1.807) is 0 Å². The maximum absolute atomic E-state index is 12.8. The Balaban J connectivity index is 2.57. The largest absolute Gasteiger partial charge is 0.335 e. The second kappa shape index (κ2) is 2.95. The van der Waals surface area contributed by atoms with E-state index in [0.29, 0.717) is 0 Å². The fourth-order valence-electron chi connectivity index (χ4n) is 1.10. The number of rotatable bonds is 0. The first-order chi connectivity index (χ1) is 6.58. The number of halogens is 2. The molecule has 0 saturated carbocycles. The smallest absolute Gasteiger partial charge is 0.316 e. The molecule has 0 bridgehead atoms. The van der Waals surface area contributed by atoms with E-state index in [-0.39, 0.29) is 16.4 Å². The Morgan fingerprint density at radius 2 is 2.07 bits per heavy atom. The molecular weight excluding hydrogens is 211 g/mol. The molecule has 2 rings (SSSR count). The fraction of sp³-hybridized carbons (Fsp3) is 0. The van der Waals surface area contributed by atoms with E-state index in [0.717, 1.165) is 12.1 Å². The Morgan fingerprint density at radius 3 is 2.79 bits per heavy atom. The third-order valence-corrected chi connectivity index (χ3v) is 1.97. The number of hydrogen-bond acceptors (Lipinski definition) is 2. The number of nitrogens with zero attached hydrogens (tertiary/aromatic N) is 1. The Bertz CT molecular complexity index is 447. The summed E-state index contributed by atoms with van der Waals surface area (Å²) in [6.07, 6.45) is 0. The molecule has 1 N–H and O–H groups in total. The fourth-order valence-corrected chi connectivity index (χ4v) is 1.35. The van der Waals surface area contributed by atoms with Crippen LogP contribution in [0.4, 0.5) is 15.8 Å². The number of hydrogen-bond donors (Lipinski definition) is 1. The van der Waals surface area contributed by atoms with Crippen molar-refractivity contribution in [1.29, 1.82) is 0 Å². The topological polar surface area (TPSA) is 60.3 Å². The van der Waals surface area contributed by atoms with Crippen LogP contribution in [0.5, 0.6) is 0 Å². The molecule has 1 aromatic rings. The van der Waals surface area contributed by atoms with Gasteiger partial charge in [-0.3, -0.25) is 9.59 Å². The van der Waals surface area contributed by atoms with E-state index in [4.69, 9.17) is 11.6 Å². The van der Waals surface area contributed by atoms with E-state index in [9.17, 15) is 14.0 Å². The minimum absolute atomic E-state index is 0.00616. The van der Waals surface area contributed by atoms with Crippen LogP contribution in [0.1, 0.15) is 0 Å². The summed E-state index contributed by atoms with van der Waals surface area (Å²) in [5.41, 5.74) is 0.206. The first-order valence-corrected chi connectivity index (χ1v) is 4.02. The maximum Gasteiger partial charge on any atom is 0.335 e. The highest BCUT2D eigenvalue weighted by atomic mass is 35.5. The van der Waals surface area contributed by atoms with Crippen LogP contribution in [-0.4, -0.2) is 11.8 Å². The lowest BCUT2D eigenvalue weighted by molar-refractivity contribution is -0.135. The monoisotopic (exact) mass is 213 g/mol. The zero-order valence-corrected chi connectivity index (χ0v) is 7.43. The maximum atomic E-state index is 12.8. The van der Waals surface area contributed by atoms with Crippen LogP contribution < -0.4 is 10.6 Å². The highest BCUT2D eigenvalue weighted by Gasteiger charge is 2.26. The van der Waals surface area contributed by atoms with E-state index >= 15 is 0 Å². The number of amides is 2. The van der Waals surface area contributed by atoms with Crippen molar-refractivity contribution in [2.75, 3.05) is 5.32 Å². The molecule has 0 fully saturated rings. The zero-order chi connectivity index (χ0) is 10.3. The Labute approximate surface area is 83.0 Å². The van der Waals surface area contributed by atoms with Crippen LogP contribution >= 0.6 is 11.6 Å². The molecule has 0 aromatic heterocycles. The molecule has 0 spiro atoms. The molecule has 0 atom stereocenters. The number of anilines is 1. The van der Waals surface area contributed by atoms with Gasteiger partial charge in [0, 0.05) is 0 Å². The van der Waals surface area contributed by atoms with Crippen LogP contribution in [-0.2, 0) is 9.59 Å². The number of benzene rings is 1. The lowest BCUT2D eigenvalue weighted by atomic mass is 10.2. The molecule has 1 radical (unpaired) electrons. The van der Waals surface area contributed by atoms with Gasteiger partial charge in [-0.25, -0.2) is 9.71 Å². The molecule has 0 saturated heterocycles. The van der Waals surface area contributed by atoms with Crippen molar-refractivity contribution in [2.45, 2.75) is 0 Å². The van der Waals surface area contributed by atoms with E-state index in [1.165, 1.54) is 0 Å². The minimum Gasteiger partial charge on any atom is -0.316 e. The van der Waals surface area contributed by atoms with Crippen LogP contribution in [0.25, 0.3) is 0 Å². The normalized spacial score (nSPS) is 14.4. The summed E-state index contributed by atoms with van der Waals surface area (Å²) in [5.74, 6) is -2.43. The van der Waals surface area contributed by atoms with E-state index < -0.39 is 17.6 Å². The van der Waals surface area contributed by atoms with Gasteiger partial charge in [-0.05, 0) is 12.1 Å². The van der Waals surface area contributed by atoms with Crippen molar-refractivity contribution in [2.24, 2.45) is 0 Å². The summed E-state index contributed by atoms with van der Waals surface area (Å²) in [5, 5.41) is 5.60. The van der Waals surface area contributed by atoms with Gasteiger partial charge in [0.05, 0.1) is 10.7 Å². The average Bonchev–Trinajstić information content (AvgIpc) is 2.08. The molecule has 1 aromatic carbocycles. The van der Waals surface area contributed by atoms with Gasteiger partial charge in [0.15, 0.2) is 0 Å². The van der Waals surface area contributed by atoms with Gasteiger partial charge in [-0.2, -0.15) is 0 Å². The van der Waals surface area contributed by atoms with Gasteiger partial charge < -0.3 is 5.32 Å². The van der Waals surface area contributed by atoms with Crippen molar-refractivity contribution in [3.63, 3.8) is 0 Å². The summed E-state index contributed by atoms with van der Waals surface area (Å²) in [6.45, 7) is 0. The number of carbonyl (C=O) groups is 2. The van der Waals surface area contributed by atoms with Crippen molar-refractivity contribution in [3.8, 4) is 0 Å². The molecular formula is C8H3ClFN2O2. The summed E-state index contributed by atoms with van der Waals surface area (Å²) < 4.78 is 12.8. The molecule has 2 amide bonds.